The molecule has 0 atom stereocenters. The summed E-state index contributed by atoms with van der Waals surface area (Å²) in [5, 5.41) is 16.8. The number of rotatable bonds is 7. The topological polar surface area (TPSA) is 77.2 Å². The van der Waals surface area contributed by atoms with Gasteiger partial charge in [0.15, 0.2) is 5.69 Å². The van der Waals surface area contributed by atoms with Gasteiger partial charge >= 0.3 is 5.97 Å². The summed E-state index contributed by atoms with van der Waals surface area (Å²) in [5.41, 5.74) is 1.79. The van der Waals surface area contributed by atoms with Crippen molar-refractivity contribution in [3.63, 3.8) is 0 Å². The first-order valence-electron chi connectivity index (χ1n) is 6.41. The van der Waals surface area contributed by atoms with E-state index in [2.05, 4.69) is 10.3 Å². The van der Waals surface area contributed by atoms with Crippen LogP contribution in [0.1, 0.15) is 21.7 Å². The van der Waals surface area contributed by atoms with Crippen LogP contribution in [0.15, 0.2) is 30.3 Å². The molecule has 0 unspecified atom stereocenters. The quantitative estimate of drug-likeness (QED) is 0.826. The molecule has 0 saturated heterocycles. The molecule has 20 heavy (non-hydrogen) atoms. The third-order valence-corrected chi connectivity index (χ3v) is 3.04. The van der Waals surface area contributed by atoms with E-state index < -0.39 is 5.97 Å². The summed E-state index contributed by atoms with van der Waals surface area (Å²) in [7, 11) is 1.58. The van der Waals surface area contributed by atoms with E-state index in [4.69, 9.17) is 9.84 Å². The number of methoxy groups -OCH3 is 1. The van der Waals surface area contributed by atoms with Gasteiger partial charge in [-0.15, -0.1) is 5.10 Å². The SMILES string of the molecule is COCCc1c(C(=O)O)nnn1CCc1ccccc1. The molecule has 0 radical (unpaired) electrons. The molecule has 0 aliphatic heterocycles. The molecule has 0 aliphatic rings. The molecule has 1 aromatic heterocycles. The number of nitrogens with zero attached hydrogens (tertiary/aromatic N) is 3. The summed E-state index contributed by atoms with van der Waals surface area (Å²) in [4.78, 5) is 11.1. The highest BCUT2D eigenvalue weighted by Crippen LogP contribution is 2.09. The van der Waals surface area contributed by atoms with E-state index >= 15 is 0 Å². The Morgan fingerprint density at radius 2 is 2.05 bits per heavy atom. The van der Waals surface area contributed by atoms with Gasteiger partial charge in [-0.2, -0.15) is 0 Å². The molecule has 2 rings (SSSR count). The van der Waals surface area contributed by atoms with Crippen LogP contribution in [0, 0.1) is 0 Å². The van der Waals surface area contributed by atoms with Crippen LogP contribution in [0.25, 0.3) is 0 Å². The summed E-state index contributed by atoms with van der Waals surface area (Å²) in [6.45, 7) is 1.04. The van der Waals surface area contributed by atoms with Crippen LogP contribution < -0.4 is 0 Å². The Kier molecular flexibility index (Phi) is 4.84. The standard InChI is InChI=1S/C14H17N3O3/c1-20-10-8-12-13(14(18)19)15-16-17(12)9-7-11-5-3-2-4-6-11/h2-6H,7-10H2,1H3,(H,18,19). The maximum Gasteiger partial charge on any atom is 0.358 e. The zero-order valence-corrected chi connectivity index (χ0v) is 11.3. The molecule has 106 valence electrons. The average molecular weight is 275 g/mol. The summed E-state index contributed by atoms with van der Waals surface area (Å²) in [6.07, 6.45) is 1.27. The van der Waals surface area contributed by atoms with Crippen molar-refractivity contribution in [2.24, 2.45) is 0 Å². The molecule has 0 amide bonds. The first kappa shape index (κ1) is 14.2. The predicted molar refractivity (Wildman–Crippen MR) is 72.7 cm³/mol. The molecular weight excluding hydrogens is 258 g/mol. The lowest BCUT2D eigenvalue weighted by atomic mass is 10.1. The predicted octanol–water partition coefficient (Wildman–Crippen LogP) is 1.41. The molecule has 0 aliphatic carbocycles. The highest BCUT2D eigenvalue weighted by molar-refractivity contribution is 5.86. The average Bonchev–Trinajstić information content (AvgIpc) is 2.87. The van der Waals surface area contributed by atoms with E-state index in [9.17, 15) is 4.79 Å². The molecule has 0 saturated carbocycles. The van der Waals surface area contributed by atoms with Crippen LogP contribution in [-0.2, 0) is 24.1 Å². The van der Waals surface area contributed by atoms with Gasteiger partial charge in [0.2, 0.25) is 0 Å². The second kappa shape index (κ2) is 6.81. The number of hydrogen-bond donors (Lipinski definition) is 1. The van der Waals surface area contributed by atoms with E-state index in [0.717, 1.165) is 6.42 Å². The monoisotopic (exact) mass is 275 g/mol. The van der Waals surface area contributed by atoms with Gasteiger partial charge in [0.05, 0.1) is 12.3 Å². The lowest BCUT2D eigenvalue weighted by molar-refractivity contribution is 0.0688. The molecule has 2 aromatic rings. The van der Waals surface area contributed by atoms with Crippen molar-refractivity contribution in [3.8, 4) is 0 Å². The van der Waals surface area contributed by atoms with Crippen molar-refractivity contribution in [3.05, 3.63) is 47.3 Å². The Balaban J connectivity index is 2.12. The first-order chi connectivity index (χ1) is 9.72. The van der Waals surface area contributed by atoms with Crippen LogP contribution in [0.5, 0.6) is 0 Å². The molecule has 0 fully saturated rings. The Labute approximate surface area is 117 Å². The number of aromatic nitrogens is 3. The van der Waals surface area contributed by atoms with Crippen molar-refractivity contribution >= 4 is 5.97 Å². The van der Waals surface area contributed by atoms with E-state index in [0.29, 0.717) is 25.3 Å². The Bertz CT molecular complexity index is 566. The molecule has 6 heteroatoms. The molecule has 0 bridgehead atoms. The molecule has 6 nitrogen and oxygen atoms in total. The number of aromatic carboxylic acids is 1. The second-order valence-electron chi connectivity index (χ2n) is 4.39. The molecular formula is C14H17N3O3. The lowest BCUT2D eigenvalue weighted by Crippen LogP contribution is -2.12. The number of ether oxygens (including phenoxy) is 1. The van der Waals surface area contributed by atoms with Crippen molar-refractivity contribution in [2.75, 3.05) is 13.7 Å². The van der Waals surface area contributed by atoms with Crippen LogP contribution >= 0.6 is 0 Å². The van der Waals surface area contributed by atoms with Crippen molar-refractivity contribution in [1.29, 1.82) is 0 Å². The zero-order chi connectivity index (χ0) is 14.4. The van der Waals surface area contributed by atoms with Crippen LogP contribution in [0.3, 0.4) is 0 Å². The number of carboxylic acid groups (broad SMARTS) is 1. The minimum absolute atomic E-state index is 0.00936. The Hall–Kier alpha value is -2.21. The van der Waals surface area contributed by atoms with Gasteiger partial charge in [0, 0.05) is 20.1 Å². The maximum atomic E-state index is 11.1. The van der Waals surface area contributed by atoms with Crippen LogP contribution in [-0.4, -0.2) is 39.8 Å². The fourth-order valence-electron chi connectivity index (χ4n) is 2.00. The van der Waals surface area contributed by atoms with Crippen LogP contribution in [0.2, 0.25) is 0 Å². The number of aryl methyl sites for hydroxylation is 2. The summed E-state index contributed by atoms with van der Waals surface area (Å²) in [6, 6.07) is 9.98. The summed E-state index contributed by atoms with van der Waals surface area (Å²) < 4.78 is 6.65. The van der Waals surface area contributed by atoms with Gasteiger partial charge in [-0.3, -0.25) is 0 Å². The second-order valence-corrected chi connectivity index (χ2v) is 4.39. The lowest BCUT2D eigenvalue weighted by Gasteiger charge is -2.07. The van der Waals surface area contributed by atoms with Gasteiger partial charge in [-0.25, -0.2) is 9.48 Å². The maximum absolute atomic E-state index is 11.1. The summed E-state index contributed by atoms with van der Waals surface area (Å²) in [5.74, 6) is -1.05. The number of carboxylic acids is 1. The van der Waals surface area contributed by atoms with Crippen molar-refractivity contribution < 1.29 is 14.6 Å². The first-order valence-corrected chi connectivity index (χ1v) is 6.41. The van der Waals surface area contributed by atoms with E-state index in [1.54, 1.807) is 11.8 Å². The third kappa shape index (κ3) is 3.42. The van der Waals surface area contributed by atoms with E-state index in [1.807, 2.05) is 30.3 Å². The smallest absolute Gasteiger partial charge is 0.358 e. The number of carbonyl (C=O) groups is 1. The Morgan fingerprint density at radius 1 is 1.30 bits per heavy atom. The van der Waals surface area contributed by atoms with E-state index in [1.165, 1.54) is 5.56 Å². The normalized spacial score (nSPS) is 10.7. The molecule has 1 N–H and O–H groups in total. The highest BCUT2D eigenvalue weighted by Gasteiger charge is 2.18. The van der Waals surface area contributed by atoms with Gasteiger partial charge < -0.3 is 9.84 Å². The minimum atomic E-state index is -1.05. The van der Waals surface area contributed by atoms with Gasteiger partial charge in [0.1, 0.15) is 0 Å². The summed E-state index contributed by atoms with van der Waals surface area (Å²) >= 11 is 0. The Morgan fingerprint density at radius 3 is 2.70 bits per heavy atom. The van der Waals surface area contributed by atoms with Crippen LogP contribution in [0.4, 0.5) is 0 Å². The molecule has 0 spiro atoms. The minimum Gasteiger partial charge on any atom is -0.476 e. The fourth-order valence-corrected chi connectivity index (χ4v) is 2.00. The highest BCUT2D eigenvalue weighted by atomic mass is 16.5. The number of hydrogen-bond acceptors (Lipinski definition) is 4. The van der Waals surface area contributed by atoms with Crippen molar-refractivity contribution in [1.82, 2.24) is 15.0 Å². The molecule has 1 aromatic carbocycles. The van der Waals surface area contributed by atoms with Crippen molar-refractivity contribution in [2.45, 2.75) is 19.4 Å². The molecule has 1 heterocycles. The fraction of sp³-hybridized carbons (Fsp3) is 0.357. The van der Waals surface area contributed by atoms with Gasteiger partial charge in [-0.05, 0) is 12.0 Å². The zero-order valence-electron chi connectivity index (χ0n) is 11.3. The van der Waals surface area contributed by atoms with Gasteiger partial charge in [-0.1, -0.05) is 35.5 Å². The van der Waals surface area contributed by atoms with Gasteiger partial charge in [0.25, 0.3) is 0 Å². The van der Waals surface area contributed by atoms with E-state index in [-0.39, 0.29) is 5.69 Å². The third-order valence-electron chi connectivity index (χ3n) is 3.04. The largest absolute Gasteiger partial charge is 0.476 e. The number of benzene rings is 1.